The highest BCUT2D eigenvalue weighted by molar-refractivity contribution is 7.13. The van der Waals surface area contributed by atoms with Gasteiger partial charge in [-0.15, -0.1) is 11.3 Å². The summed E-state index contributed by atoms with van der Waals surface area (Å²) >= 11 is 1.40. The molecule has 0 saturated heterocycles. The fourth-order valence-corrected chi connectivity index (χ4v) is 2.61. The van der Waals surface area contributed by atoms with E-state index in [4.69, 9.17) is 0 Å². The minimum atomic E-state index is -2.34. The average molecular weight is 371 g/mol. The number of benzene rings is 1. The van der Waals surface area contributed by atoms with Crippen molar-refractivity contribution in [2.75, 3.05) is 0 Å². The van der Waals surface area contributed by atoms with Crippen LogP contribution in [-0.4, -0.2) is 11.0 Å². The molecular formula is C16H6F5NO2S. The van der Waals surface area contributed by atoms with Gasteiger partial charge in [-0.05, 0) is 23.6 Å². The van der Waals surface area contributed by atoms with Crippen molar-refractivity contribution in [2.45, 2.75) is 0 Å². The number of hydrogen-bond donors (Lipinski definition) is 0. The molecule has 0 atom stereocenters. The molecule has 0 fully saturated rings. The molecule has 3 nitrogen and oxygen atoms in total. The van der Waals surface area contributed by atoms with Crippen LogP contribution in [0.25, 0.3) is 10.6 Å². The first kappa shape index (κ1) is 17.0. The van der Waals surface area contributed by atoms with Gasteiger partial charge in [-0.1, -0.05) is 6.07 Å². The fraction of sp³-hybridized carbons (Fsp3) is 0. The van der Waals surface area contributed by atoms with Crippen molar-refractivity contribution < 1.29 is 31.5 Å². The molecule has 2 heterocycles. The molecule has 0 aliphatic heterocycles. The summed E-state index contributed by atoms with van der Waals surface area (Å²) in [7, 11) is 0. The third kappa shape index (κ3) is 3.10. The van der Waals surface area contributed by atoms with Crippen molar-refractivity contribution in [2.24, 2.45) is 0 Å². The number of rotatable bonds is 3. The molecule has 0 N–H and O–H groups in total. The Morgan fingerprint density at radius 3 is 2.08 bits per heavy atom. The summed E-state index contributed by atoms with van der Waals surface area (Å²) in [5.74, 6) is -14.2. The van der Waals surface area contributed by atoms with Crippen LogP contribution in [0.3, 0.4) is 0 Å². The molecule has 0 saturated carbocycles. The Hall–Kier alpha value is -2.81. The summed E-state index contributed by atoms with van der Waals surface area (Å²) < 4.78 is 70.5. The fourth-order valence-electron chi connectivity index (χ4n) is 1.91. The normalized spacial score (nSPS) is 10.8. The van der Waals surface area contributed by atoms with Crippen LogP contribution in [0.15, 0.2) is 35.8 Å². The van der Waals surface area contributed by atoms with Gasteiger partial charge in [0.25, 0.3) is 0 Å². The summed E-state index contributed by atoms with van der Waals surface area (Å²) in [6.45, 7) is 0. The Bertz CT molecular complexity index is 913. The monoisotopic (exact) mass is 371 g/mol. The minimum Gasteiger partial charge on any atom is -0.416 e. The quantitative estimate of drug-likeness (QED) is 0.220. The highest BCUT2D eigenvalue weighted by atomic mass is 32.1. The van der Waals surface area contributed by atoms with Crippen molar-refractivity contribution in [3.63, 3.8) is 0 Å². The van der Waals surface area contributed by atoms with Gasteiger partial charge in [0, 0.05) is 6.20 Å². The first-order valence-corrected chi connectivity index (χ1v) is 7.51. The second kappa shape index (κ2) is 6.60. The topological polar surface area (TPSA) is 39.2 Å². The van der Waals surface area contributed by atoms with E-state index in [2.05, 4.69) is 9.72 Å². The average Bonchev–Trinajstić information content (AvgIpc) is 3.16. The molecule has 0 aliphatic rings. The summed E-state index contributed by atoms with van der Waals surface area (Å²) in [6, 6.07) is 6.31. The van der Waals surface area contributed by atoms with E-state index < -0.39 is 40.8 Å². The van der Waals surface area contributed by atoms with Crippen LogP contribution < -0.4 is 4.74 Å². The molecule has 25 heavy (non-hydrogen) atoms. The van der Waals surface area contributed by atoms with Crippen molar-refractivity contribution in [3.05, 3.63) is 70.5 Å². The van der Waals surface area contributed by atoms with Crippen molar-refractivity contribution >= 4 is 17.3 Å². The Kier molecular flexibility index (Phi) is 4.49. The molecule has 1 aromatic carbocycles. The minimum absolute atomic E-state index is 0.218. The molecule has 0 unspecified atom stereocenters. The number of carbonyl (C=O) groups excluding carboxylic acids is 1. The predicted molar refractivity (Wildman–Crippen MR) is 78.7 cm³/mol. The number of thiophene rings is 1. The number of nitrogens with zero attached hydrogens (tertiary/aromatic N) is 1. The van der Waals surface area contributed by atoms with Crippen molar-refractivity contribution in [1.29, 1.82) is 0 Å². The lowest BCUT2D eigenvalue weighted by Gasteiger charge is -2.09. The molecule has 128 valence electrons. The van der Waals surface area contributed by atoms with E-state index in [1.165, 1.54) is 23.5 Å². The summed E-state index contributed by atoms with van der Waals surface area (Å²) in [6.07, 6.45) is 1.07. The maximum atomic E-state index is 13.5. The number of halogens is 5. The van der Waals surface area contributed by atoms with Gasteiger partial charge < -0.3 is 4.74 Å². The molecular weight excluding hydrogens is 365 g/mol. The van der Waals surface area contributed by atoms with Gasteiger partial charge in [-0.3, -0.25) is 4.98 Å². The van der Waals surface area contributed by atoms with E-state index in [1.807, 2.05) is 5.38 Å². The van der Waals surface area contributed by atoms with Gasteiger partial charge >= 0.3 is 5.97 Å². The standard InChI is InChI=1S/C16H6F5NO2S/c17-10-11(18)13(20)15(14(21)12(10)19)24-16(23)7-3-4-8(22-6-7)9-2-1-5-25-9/h1-6H. The van der Waals surface area contributed by atoms with Crippen LogP contribution >= 0.6 is 11.3 Å². The lowest BCUT2D eigenvalue weighted by Crippen LogP contribution is -2.14. The smallest absolute Gasteiger partial charge is 0.345 e. The van der Waals surface area contributed by atoms with Gasteiger partial charge in [0.2, 0.25) is 34.8 Å². The molecule has 0 spiro atoms. The zero-order chi connectivity index (χ0) is 18.1. The Balaban J connectivity index is 1.88. The Labute approximate surface area is 141 Å². The number of esters is 1. The van der Waals surface area contributed by atoms with E-state index in [0.29, 0.717) is 5.69 Å². The van der Waals surface area contributed by atoms with Crippen LogP contribution in [0, 0.1) is 29.1 Å². The van der Waals surface area contributed by atoms with E-state index in [1.54, 1.807) is 12.1 Å². The van der Waals surface area contributed by atoms with E-state index >= 15 is 0 Å². The summed E-state index contributed by atoms with van der Waals surface area (Å²) in [5.41, 5.74) is 0.326. The zero-order valence-corrected chi connectivity index (χ0v) is 12.8. The van der Waals surface area contributed by atoms with Crippen LogP contribution in [-0.2, 0) is 0 Å². The predicted octanol–water partition coefficient (Wildman–Crippen LogP) is 4.72. The zero-order valence-electron chi connectivity index (χ0n) is 12.0. The number of ether oxygens (including phenoxy) is 1. The largest absolute Gasteiger partial charge is 0.416 e. The first-order chi connectivity index (χ1) is 11.9. The lowest BCUT2D eigenvalue weighted by molar-refractivity contribution is 0.0715. The molecule has 3 rings (SSSR count). The van der Waals surface area contributed by atoms with Crippen LogP contribution in [0.1, 0.15) is 10.4 Å². The van der Waals surface area contributed by atoms with Crippen LogP contribution in [0.2, 0.25) is 0 Å². The molecule has 0 aliphatic carbocycles. The maximum Gasteiger partial charge on any atom is 0.345 e. The van der Waals surface area contributed by atoms with Gasteiger partial charge in [0.05, 0.1) is 16.1 Å². The maximum absolute atomic E-state index is 13.5. The third-order valence-corrected chi connectivity index (χ3v) is 4.03. The second-order valence-electron chi connectivity index (χ2n) is 4.70. The number of carbonyl (C=O) groups is 1. The van der Waals surface area contributed by atoms with E-state index in [0.717, 1.165) is 11.1 Å². The first-order valence-electron chi connectivity index (χ1n) is 6.63. The molecule has 2 aromatic heterocycles. The van der Waals surface area contributed by atoms with Gasteiger partial charge in [-0.25, -0.2) is 18.0 Å². The van der Waals surface area contributed by atoms with E-state index in [9.17, 15) is 26.7 Å². The highest BCUT2D eigenvalue weighted by Gasteiger charge is 2.28. The van der Waals surface area contributed by atoms with Gasteiger partial charge in [-0.2, -0.15) is 8.78 Å². The molecule has 0 amide bonds. The molecule has 9 heteroatoms. The van der Waals surface area contributed by atoms with E-state index in [-0.39, 0.29) is 5.56 Å². The van der Waals surface area contributed by atoms with Crippen LogP contribution in [0.5, 0.6) is 5.75 Å². The molecule has 0 bridgehead atoms. The number of pyridine rings is 1. The number of hydrogen-bond acceptors (Lipinski definition) is 4. The van der Waals surface area contributed by atoms with Crippen molar-refractivity contribution in [3.8, 4) is 16.3 Å². The highest BCUT2D eigenvalue weighted by Crippen LogP contribution is 2.30. The van der Waals surface area contributed by atoms with Crippen LogP contribution in [0.4, 0.5) is 22.0 Å². The van der Waals surface area contributed by atoms with Gasteiger partial charge in [0.15, 0.2) is 0 Å². The summed E-state index contributed by atoms with van der Waals surface area (Å²) in [5, 5.41) is 1.82. The third-order valence-electron chi connectivity index (χ3n) is 3.14. The van der Waals surface area contributed by atoms with Crippen molar-refractivity contribution in [1.82, 2.24) is 4.98 Å². The van der Waals surface area contributed by atoms with Gasteiger partial charge in [0.1, 0.15) is 0 Å². The lowest BCUT2D eigenvalue weighted by atomic mass is 10.2. The molecule has 0 radical (unpaired) electrons. The molecule has 3 aromatic rings. The second-order valence-corrected chi connectivity index (χ2v) is 5.65. The summed E-state index contributed by atoms with van der Waals surface area (Å²) in [4.78, 5) is 16.7. The number of aromatic nitrogens is 1. The Morgan fingerprint density at radius 1 is 0.920 bits per heavy atom. The Morgan fingerprint density at radius 2 is 1.56 bits per heavy atom. The SMILES string of the molecule is O=C(Oc1c(F)c(F)c(F)c(F)c1F)c1ccc(-c2cccs2)nc1.